The van der Waals surface area contributed by atoms with Gasteiger partial charge in [0.2, 0.25) is 0 Å². The molecule has 4 nitrogen and oxygen atoms in total. The van der Waals surface area contributed by atoms with E-state index in [1.807, 2.05) is 0 Å². The normalized spacial score (nSPS) is 28.0. The summed E-state index contributed by atoms with van der Waals surface area (Å²) >= 11 is 0. The summed E-state index contributed by atoms with van der Waals surface area (Å²) in [7, 11) is 0. The largest absolute Gasteiger partial charge is 0.387 e. The van der Waals surface area contributed by atoms with Crippen LogP contribution in [-0.4, -0.2) is 30.8 Å². The van der Waals surface area contributed by atoms with Crippen molar-refractivity contribution in [1.82, 2.24) is 5.32 Å². The monoisotopic (exact) mass is 302 g/mol. The first-order valence-corrected chi connectivity index (χ1v) is 8.70. The van der Waals surface area contributed by atoms with Gasteiger partial charge in [-0.3, -0.25) is 4.99 Å². The van der Waals surface area contributed by atoms with E-state index >= 15 is 0 Å². The second-order valence-corrected chi connectivity index (χ2v) is 6.16. The molecule has 1 atom stereocenters. The molecule has 0 bridgehead atoms. The number of allylic oxidation sites excluding steroid dienone is 4. The Morgan fingerprint density at radius 2 is 2.00 bits per heavy atom. The molecule has 2 aliphatic rings. The number of nitrogens with zero attached hydrogens (tertiary/aromatic N) is 2. The summed E-state index contributed by atoms with van der Waals surface area (Å²) in [5.74, 6) is 2.15. The minimum atomic E-state index is 0.416. The fourth-order valence-electron chi connectivity index (χ4n) is 2.97. The van der Waals surface area contributed by atoms with Gasteiger partial charge in [0.05, 0.1) is 6.04 Å². The lowest BCUT2D eigenvalue weighted by atomic mass is 9.96. The average molecular weight is 302 g/mol. The number of rotatable bonds is 4. The quantitative estimate of drug-likeness (QED) is 0.476. The highest BCUT2D eigenvalue weighted by molar-refractivity contribution is 5.96. The van der Waals surface area contributed by atoms with E-state index in [-0.39, 0.29) is 0 Å². The van der Waals surface area contributed by atoms with Crippen LogP contribution < -0.4 is 11.1 Å². The van der Waals surface area contributed by atoms with Crippen LogP contribution in [0.4, 0.5) is 0 Å². The van der Waals surface area contributed by atoms with Crippen molar-refractivity contribution in [3.8, 4) is 0 Å². The van der Waals surface area contributed by atoms with Crippen molar-refractivity contribution >= 4 is 11.7 Å². The Hall–Kier alpha value is -1.42. The van der Waals surface area contributed by atoms with Crippen LogP contribution in [0.15, 0.2) is 34.3 Å². The molecule has 0 radical (unpaired) electrons. The first kappa shape index (κ1) is 16.9. The Kier molecular flexibility index (Phi) is 7.37. The van der Waals surface area contributed by atoms with Crippen molar-refractivity contribution in [2.45, 2.75) is 57.9 Å². The lowest BCUT2D eigenvalue weighted by Gasteiger charge is -2.19. The van der Waals surface area contributed by atoms with Crippen molar-refractivity contribution in [3.63, 3.8) is 0 Å². The van der Waals surface area contributed by atoms with Gasteiger partial charge in [-0.25, -0.2) is 4.99 Å². The molecule has 3 N–H and O–H groups in total. The smallest absolute Gasteiger partial charge is 0.125 e. The molecule has 0 spiro atoms. The number of piperidine rings is 1. The van der Waals surface area contributed by atoms with Gasteiger partial charge in [0.25, 0.3) is 0 Å². The van der Waals surface area contributed by atoms with Crippen LogP contribution in [0.1, 0.15) is 51.9 Å². The number of nitrogens with one attached hydrogen (secondary N) is 1. The van der Waals surface area contributed by atoms with E-state index in [4.69, 9.17) is 10.7 Å². The molecule has 0 saturated carbocycles. The third-order valence-electron chi connectivity index (χ3n) is 4.25. The van der Waals surface area contributed by atoms with Crippen molar-refractivity contribution in [3.05, 3.63) is 24.3 Å². The lowest BCUT2D eigenvalue weighted by Crippen LogP contribution is -2.30. The van der Waals surface area contributed by atoms with Crippen LogP contribution in [0.3, 0.4) is 0 Å². The first-order chi connectivity index (χ1) is 10.8. The Bertz CT molecular complexity index is 442. The molecule has 0 aromatic rings. The molecule has 122 valence electrons. The van der Waals surface area contributed by atoms with Crippen LogP contribution >= 0.6 is 0 Å². The van der Waals surface area contributed by atoms with Gasteiger partial charge in [0.15, 0.2) is 0 Å². The molecule has 1 aliphatic carbocycles. The highest BCUT2D eigenvalue weighted by atomic mass is 15.0. The molecule has 1 aliphatic heterocycles. The number of aliphatic imine (C=N–C) groups is 2. The summed E-state index contributed by atoms with van der Waals surface area (Å²) < 4.78 is 0. The summed E-state index contributed by atoms with van der Waals surface area (Å²) in [6, 6.07) is 0.416. The topological polar surface area (TPSA) is 62.8 Å². The summed E-state index contributed by atoms with van der Waals surface area (Å²) in [5.41, 5.74) is 6.18. The average Bonchev–Trinajstić information content (AvgIpc) is 2.50. The standard InChI is InChI=1S/C18H30N4/c1-2-18(21-16-10-12-20-13-11-16)22-17(19)14-15-8-6-4-3-5-7-9-15/h3-4,7,9,15-16,20H,2,5-6,8,10-14H2,1H3,(H2,19,21,22)/b4-3-,9-7-. The fourth-order valence-corrected chi connectivity index (χ4v) is 2.97. The molecule has 0 aromatic carbocycles. The van der Waals surface area contributed by atoms with Gasteiger partial charge >= 0.3 is 0 Å². The van der Waals surface area contributed by atoms with E-state index in [2.05, 4.69) is 41.5 Å². The van der Waals surface area contributed by atoms with E-state index in [0.29, 0.717) is 12.0 Å². The van der Waals surface area contributed by atoms with Crippen molar-refractivity contribution in [2.75, 3.05) is 13.1 Å². The van der Waals surface area contributed by atoms with E-state index in [1.165, 1.54) is 0 Å². The molecule has 1 fully saturated rings. The summed E-state index contributed by atoms with van der Waals surface area (Å²) in [4.78, 5) is 9.41. The SMILES string of the molecule is CCC(N=C(N)CC1/C=C\C/C=C\CC1)=NC1CCNCC1. The maximum absolute atomic E-state index is 6.18. The van der Waals surface area contributed by atoms with Crippen molar-refractivity contribution in [2.24, 2.45) is 21.6 Å². The Labute approximate surface area is 134 Å². The first-order valence-electron chi connectivity index (χ1n) is 8.70. The second kappa shape index (κ2) is 9.57. The second-order valence-electron chi connectivity index (χ2n) is 6.16. The van der Waals surface area contributed by atoms with Gasteiger partial charge < -0.3 is 11.1 Å². The minimum Gasteiger partial charge on any atom is -0.387 e. The predicted molar refractivity (Wildman–Crippen MR) is 95.5 cm³/mol. The minimum absolute atomic E-state index is 0.416. The molecule has 1 unspecified atom stereocenters. The number of hydrogen-bond donors (Lipinski definition) is 2. The third kappa shape index (κ3) is 6.14. The van der Waals surface area contributed by atoms with Crippen LogP contribution in [0.25, 0.3) is 0 Å². The summed E-state index contributed by atoms with van der Waals surface area (Å²) in [6.45, 7) is 4.23. The van der Waals surface area contributed by atoms with Crippen LogP contribution in [0.2, 0.25) is 0 Å². The molecule has 4 heteroatoms. The Morgan fingerprint density at radius 1 is 1.18 bits per heavy atom. The number of hydrogen-bond acceptors (Lipinski definition) is 2. The molecule has 0 amide bonds. The van der Waals surface area contributed by atoms with Gasteiger partial charge in [0.1, 0.15) is 11.7 Å². The molecule has 1 saturated heterocycles. The highest BCUT2D eigenvalue weighted by Crippen LogP contribution is 2.17. The number of nitrogens with two attached hydrogens (primary N) is 1. The maximum atomic E-state index is 6.18. The van der Waals surface area contributed by atoms with Crippen LogP contribution in [0, 0.1) is 5.92 Å². The van der Waals surface area contributed by atoms with Gasteiger partial charge in [-0.1, -0.05) is 31.2 Å². The van der Waals surface area contributed by atoms with Gasteiger partial charge in [-0.2, -0.15) is 0 Å². The zero-order valence-electron chi connectivity index (χ0n) is 13.8. The fraction of sp³-hybridized carbons (Fsp3) is 0.667. The maximum Gasteiger partial charge on any atom is 0.125 e. The van der Waals surface area contributed by atoms with Gasteiger partial charge in [-0.15, -0.1) is 0 Å². The zero-order valence-corrected chi connectivity index (χ0v) is 13.8. The lowest BCUT2D eigenvalue weighted by molar-refractivity contribution is 0.459. The molecular formula is C18H30N4. The van der Waals surface area contributed by atoms with Crippen molar-refractivity contribution in [1.29, 1.82) is 0 Å². The molecule has 0 aromatic heterocycles. The Balaban J connectivity index is 1.92. The van der Waals surface area contributed by atoms with Crippen molar-refractivity contribution < 1.29 is 0 Å². The van der Waals surface area contributed by atoms with Crippen LogP contribution in [0.5, 0.6) is 0 Å². The number of amidine groups is 2. The van der Waals surface area contributed by atoms with E-state index in [0.717, 1.165) is 69.7 Å². The summed E-state index contributed by atoms with van der Waals surface area (Å²) in [5, 5.41) is 3.37. The summed E-state index contributed by atoms with van der Waals surface area (Å²) in [6.07, 6.45) is 16.2. The molecule has 1 heterocycles. The van der Waals surface area contributed by atoms with Gasteiger partial charge in [0, 0.05) is 12.8 Å². The highest BCUT2D eigenvalue weighted by Gasteiger charge is 2.13. The Morgan fingerprint density at radius 3 is 2.77 bits per heavy atom. The van der Waals surface area contributed by atoms with E-state index < -0.39 is 0 Å². The van der Waals surface area contributed by atoms with Gasteiger partial charge in [-0.05, 0) is 51.1 Å². The molecule has 2 rings (SSSR count). The molecule has 22 heavy (non-hydrogen) atoms. The molecular weight excluding hydrogens is 272 g/mol. The van der Waals surface area contributed by atoms with E-state index in [1.54, 1.807) is 0 Å². The zero-order chi connectivity index (χ0) is 15.6. The predicted octanol–water partition coefficient (Wildman–Crippen LogP) is 3.21. The van der Waals surface area contributed by atoms with E-state index in [9.17, 15) is 0 Å². The third-order valence-corrected chi connectivity index (χ3v) is 4.25. The van der Waals surface area contributed by atoms with Crippen LogP contribution in [-0.2, 0) is 0 Å².